The Morgan fingerprint density at radius 3 is 0.479 bits per heavy atom. The molecule has 48 heavy (non-hydrogen) atoms. The molecule has 0 spiro atoms. The molecule has 0 N–H and O–H groups in total. The molecule has 0 aromatic carbocycles. The summed E-state index contributed by atoms with van der Waals surface area (Å²) in [6.45, 7) is 9.38. The molecule has 0 fully saturated rings. The third-order valence-corrected chi connectivity index (χ3v) is 21.8. The molecule has 0 saturated heterocycles. The van der Waals surface area contributed by atoms with E-state index in [1.54, 1.807) is 24.6 Å². The Balaban J connectivity index is 4.63. The monoisotopic (exact) mass is 759 g/mol. The van der Waals surface area contributed by atoms with Gasteiger partial charge in [0.1, 0.15) is 0 Å². The van der Waals surface area contributed by atoms with Crippen LogP contribution in [0.5, 0.6) is 0 Å². The standard InChI is InChI=1S/C46H96BrP/c1-5-9-13-17-19-21-23-25-27-29-31-33-37-41-45-48(47,43-39-35-15-11-7-3,44-40-36-16-12-8-4)46-42-38-34-32-30-28-26-24-22-20-18-14-10-6-2/h5-46H2,1-4H3. The van der Waals surface area contributed by atoms with Crippen LogP contribution in [0, 0.1) is 0 Å². The second-order valence-electron chi connectivity index (χ2n) is 16.7. The van der Waals surface area contributed by atoms with Crippen molar-refractivity contribution >= 4 is 20.8 Å². The quantitative estimate of drug-likeness (QED) is 0.0429. The Bertz CT molecular complexity index is 553. The second-order valence-corrected chi connectivity index (χ2v) is 28.2. The molecule has 0 saturated carbocycles. The van der Waals surface area contributed by atoms with Gasteiger partial charge in [-0.1, -0.05) is 52.4 Å². The third-order valence-electron chi connectivity index (χ3n) is 11.8. The van der Waals surface area contributed by atoms with E-state index in [-0.39, 0.29) is 0 Å². The van der Waals surface area contributed by atoms with Gasteiger partial charge in [-0.2, -0.15) is 0 Å². The van der Waals surface area contributed by atoms with Crippen LogP contribution in [-0.2, 0) is 0 Å². The number of hydrogen-bond donors (Lipinski definition) is 0. The van der Waals surface area contributed by atoms with Crippen LogP contribution in [0.1, 0.15) is 272 Å². The Kier molecular flexibility index (Phi) is 38.4. The minimum Gasteiger partial charge on any atom is -0.0654 e. The molecule has 2 heteroatoms. The first-order valence-electron chi connectivity index (χ1n) is 23.3. The molecule has 0 unspecified atom stereocenters. The SMILES string of the molecule is CCCCCCCCCCCCCCCCP(Br)(CCCCCCC)(CCCCCCC)CCCCCCCCCCCCCCCC. The molecular weight excluding hydrogens is 663 g/mol. The average Bonchev–Trinajstić information content (AvgIpc) is 3.08. The van der Waals surface area contributed by atoms with E-state index in [0.717, 1.165) is 0 Å². The van der Waals surface area contributed by atoms with E-state index in [0.29, 0.717) is 0 Å². The smallest absolute Gasteiger partial charge is 0.0654 e. The molecule has 0 nitrogen and oxygen atoms in total. The van der Waals surface area contributed by atoms with Crippen LogP contribution in [0.25, 0.3) is 0 Å². The predicted octanol–water partition coefficient (Wildman–Crippen LogP) is 18.8. The summed E-state index contributed by atoms with van der Waals surface area (Å²) >= 11 is 4.84. The van der Waals surface area contributed by atoms with Gasteiger partial charge in [0.05, 0.1) is 0 Å². The Morgan fingerprint density at radius 2 is 0.333 bits per heavy atom. The average molecular weight is 760 g/mol. The summed E-state index contributed by atoms with van der Waals surface area (Å²) in [6, 6.07) is 0. The van der Waals surface area contributed by atoms with Gasteiger partial charge >= 0.3 is 265 Å². The molecule has 292 valence electrons. The van der Waals surface area contributed by atoms with Gasteiger partial charge in [-0.15, -0.1) is 0 Å². The molecule has 0 amide bonds. The fourth-order valence-electron chi connectivity index (χ4n) is 8.29. The summed E-state index contributed by atoms with van der Waals surface area (Å²) in [7, 11) is 0. The molecule has 0 aliphatic carbocycles. The summed E-state index contributed by atoms with van der Waals surface area (Å²) in [5, 5.41) is -1.81. The number of halogens is 1. The van der Waals surface area contributed by atoms with Crippen LogP contribution in [0.15, 0.2) is 0 Å². The first-order chi connectivity index (χ1) is 23.5. The number of hydrogen-bond acceptors (Lipinski definition) is 0. The fraction of sp³-hybridized carbons (Fsp3) is 1.00. The summed E-state index contributed by atoms with van der Waals surface area (Å²) in [6.07, 6.45) is 62.0. The van der Waals surface area contributed by atoms with Crippen molar-refractivity contribution in [3.05, 3.63) is 0 Å². The molecule has 0 atom stereocenters. The Hall–Kier alpha value is 0.910. The van der Waals surface area contributed by atoms with Crippen molar-refractivity contribution in [2.75, 3.05) is 24.6 Å². The van der Waals surface area contributed by atoms with Gasteiger partial charge in [0.15, 0.2) is 0 Å². The van der Waals surface area contributed by atoms with Gasteiger partial charge in [-0.25, -0.2) is 0 Å². The Morgan fingerprint density at radius 1 is 0.208 bits per heavy atom. The minimum absolute atomic E-state index is 1.37. The summed E-state index contributed by atoms with van der Waals surface area (Å²) in [4.78, 5) is 0. The molecule has 0 aromatic heterocycles. The first-order valence-corrected chi connectivity index (χ1v) is 28.3. The molecule has 0 bridgehead atoms. The van der Waals surface area contributed by atoms with Gasteiger partial charge in [0.2, 0.25) is 0 Å². The summed E-state index contributed by atoms with van der Waals surface area (Å²) < 4.78 is 0. The van der Waals surface area contributed by atoms with Crippen molar-refractivity contribution in [1.29, 1.82) is 0 Å². The fourth-order valence-corrected chi connectivity index (χ4v) is 16.7. The van der Waals surface area contributed by atoms with Crippen LogP contribution in [-0.4, -0.2) is 24.6 Å². The van der Waals surface area contributed by atoms with E-state index in [2.05, 4.69) is 27.7 Å². The maximum atomic E-state index is 4.84. The van der Waals surface area contributed by atoms with Gasteiger partial charge < -0.3 is 0 Å². The first kappa shape index (κ1) is 48.9. The molecule has 0 aromatic rings. The molecule has 0 aliphatic heterocycles. The number of rotatable bonds is 42. The van der Waals surface area contributed by atoms with Crippen molar-refractivity contribution < 1.29 is 0 Å². The predicted molar refractivity (Wildman–Crippen MR) is 233 cm³/mol. The zero-order valence-electron chi connectivity index (χ0n) is 34.5. The van der Waals surface area contributed by atoms with Crippen LogP contribution in [0.2, 0.25) is 0 Å². The van der Waals surface area contributed by atoms with Crippen LogP contribution in [0.3, 0.4) is 0 Å². The number of unbranched alkanes of at least 4 members (excludes halogenated alkanes) is 34. The van der Waals surface area contributed by atoms with E-state index in [1.165, 1.54) is 244 Å². The van der Waals surface area contributed by atoms with Crippen LogP contribution >= 0.6 is 20.8 Å². The zero-order valence-corrected chi connectivity index (χ0v) is 37.0. The molecule has 0 radical (unpaired) electrons. The van der Waals surface area contributed by atoms with E-state index in [1.807, 2.05) is 0 Å². The topological polar surface area (TPSA) is 0 Å². The molecule has 0 heterocycles. The van der Waals surface area contributed by atoms with Gasteiger partial charge in [-0.3, -0.25) is 0 Å². The van der Waals surface area contributed by atoms with E-state index in [4.69, 9.17) is 15.5 Å². The molecule has 0 aliphatic rings. The summed E-state index contributed by atoms with van der Waals surface area (Å²) in [5.41, 5.74) is 0. The van der Waals surface area contributed by atoms with Crippen molar-refractivity contribution in [2.45, 2.75) is 272 Å². The Labute approximate surface area is 315 Å². The van der Waals surface area contributed by atoms with E-state index in [9.17, 15) is 0 Å². The van der Waals surface area contributed by atoms with Crippen molar-refractivity contribution in [3.63, 3.8) is 0 Å². The van der Waals surface area contributed by atoms with E-state index >= 15 is 0 Å². The maximum absolute atomic E-state index is 4.84. The van der Waals surface area contributed by atoms with E-state index < -0.39 is 5.31 Å². The van der Waals surface area contributed by atoms with Gasteiger partial charge in [-0.05, 0) is 0 Å². The van der Waals surface area contributed by atoms with Crippen LogP contribution < -0.4 is 0 Å². The van der Waals surface area contributed by atoms with Crippen LogP contribution in [0.4, 0.5) is 0 Å². The van der Waals surface area contributed by atoms with Crippen molar-refractivity contribution in [3.8, 4) is 0 Å². The van der Waals surface area contributed by atoms with Gasteiger partial charge in [0.25, 0.3) is 0 Å². The zero-order chi connectivity index (χ0) is 35.1. The summed E-state index contributed by atoms with van der Waals surface area (Å²) in [5.74, 6) is 0. The van der Waals surface area contributed by atoms with Crippen molar-refractivity contribution in [1.82, 2.24) is 0 Å². The molecular formula is C46H96BrP. The third kappa shape index (κ3) is 32.8. The van der Waals surface area contributed by atoms with Crippen molar-refractivity contribution in [2.24, 2.45) is 0 Å². The molecule has 0 rings (SSSR count). The minimum atomic E-state index is -1.81. The van der Waals surface area contributed by atoms with Gasteiger partial charge in [0, 0.05) is 0 Å². The second kappa shape index (κ2) is 37.7. The normalized spacial score (nSPS) is 12.9.